The Hall–Kier alpha value is -7.13. The van der Waals surface area contributed by atoms with Gasteiger partial charge in [0.1, 0.15) is 30.1 Å². The monoisotopic (exact) mass is 983 g/mol. The zero-order valence-electron chi connectivity index (χ0n) is 41.1. The van der Waals surface area contributed by atoms with Crippen LogP contribution in [0.3, 0.4) is 0 Å². The number of hydrogen-bond donors (Lipinski definition) is 8. The average Bonchev–Trinajstić information content (AvgIpc) is 3.67. The van der Waals surface area contributed by atoms with E-state index in [1.165, 1.54) is 15.5 Å². The molecule has 4 heterocycles. The number of halogens is 1. The van der Waals surface area contributed by atoms with Gasteiger partial charge in [-0.3, -0.25) is 19.3 Å². The molecule has 0 spiro atoms. The minimum Gasteiger partial charge on any atom is -0.465 e. The van der Waals surface area contributed by atoms with Gasteiger partial charge in [0.15, 0.2) is 5.60 Å². The molecule has 2 aliphatic heterocycles. The molecule has 6 amide bonds. The van der Waals surface area contributed by atoms with Gasteiger partial charge < -0.3 is 56.6 Å². The van der Waals surface area contributed by atoms with Gasteiger partial charge in [-0.2, -0.15) is 0 Å². The van der Waals surface area contributed by atoms with Crippen LogP contribution in [-0.4, -0.2) is 91.9 Å². The number of ether oxygens (including phenoxy) is 2. The minimum atomic E-state index is -2.08. The molecule has 2 aromatic carbocycles. The number of cyclic esters (lactones) is 1. The highest BCUT2D eigenvalue weighted by molar-refractivity contribution is 5.98. The number of carboxylic acid groups (broad SMARTS) is 1. The van der Waals surface area contributed by atoms with Crippen LogP contribution >= 0.6 is 0 Å². The lowest BCUT2D eigenvalue weighted by atomic mass is 9.81. The van der Waals surface area contributed by atoms with Crippen LogP contribution in [0.1, 0.15) is 118 Å². The molecule has 1 aliphatic carbocycles. The third-order valence-electron chi connectivity index (χ3n) is 13.4. The van der Waals surface area contributed by atoms with E-state index in [-0.39, 0.29) is 75.1 Å². The molecular formula is C50H62FN9O11. The van der Waals surface area contributed by atoms with Crippen molar-refractivity contribution >= 4 is 52.6 Å². The van der Waals surface area contributed by atoms with Gasteiger partial charge in [-0.15, -0.1) is 0 Å². The maximum absolute atomic E-state index is 15.7. The number of aryl methyl sites for hydroxylation is 1. The minimum absolute atomic E-state index is 0.00569. The van der Waals surface area contributed by atoms with Gasteiger partial charge in [-0.25, -0.2) is 28.6 Å². The molecule has 0 unspecified atom stereocenters. The van der Waals surface area contributed by atoms with Crippen LogP contribution in [0, 0.1) is 18.7 Å². The number of carbonyl (C=O) groups excluding carboxylic acids is 5. The van der Waals surface area contributed by atoms with Gasteiger partial charge in [-0.05, 0) is 119 Å². The van der Waals surface area contributed by atoms with E-state index in [4.69, 9.17) is 20.2 Å². The highest BCUT2D eigenvalue weighted by atomic mass is 19.1. The number of alkyl carbamates (subject to hydrolysis) is 1. The summed E-state index contributed by atoms with van der Waals surface area (Å²) in [6, 6.07) is 4.10. The van der Waals surface area contributed by atoms with Crippen LogP contribution in [0.4, 0.5) is 24.5 Å². The molecule has 3 aliphatic rings. The molecule has 0 radical (unpaired) electrons. The summed E-state index contributed by atoms with van der Waals surface area (Å²) in [7, 11) is 1.71. The largest absolute Gasteiger partial charge is 0.465 e. The van der Waals surface area contributed by atoms with E-state index in [2.05, 4.69) is 26.6 Å². The maximum Gasteiger partial charge on any atom is 0.408 e. The summed E-state index contributed by atoms with van der Waals surface area (Å²) >= 11 is 0. The van der Waals surface area contributed by atoms with Gasteiger partial charge in [0.25, 0.3) is 5.56 Å². The SMILES string of the molecule is CC[C@@]1(O)C(=O)OCc2c1cc1n(c2=O)Cc2c-1nc1cc(F)c(C)c3c1c2[C@@H](N(Cc1ccc(NC(=O)[C@H](CCCNC(N)=O)NC(=O)[C@@H](NC(=O)OC(C)(C)C)C(C)C)cc1CNC)C(=O)O)CC3. The van der Waals surface area contributed by atoms with E-state index in [1.54, 1.807) is 79.8 Å². The van der Waals surface area contributed by atoms with E-state index in [9.17, 15) is 43.8 Å². The second kappa shape index (κ2) is 20.3. The second-order valence-corrected chi connectivity index (χ2v) is 19.6. The molecule has 0 saturated heterocycles. The number of fused-ring (bicyclic) bond motifs is 5. The van der Waals surface area contributed by atoms with Crippen molar-refractivity contribution in [3.8, 4) is 11.4 Å². The lowest BCUT2D eigenvalue weighted by molar-refractivity contribution is -0.172. The number of nitrogens with two attached hydrogens (primary N) is 1. The Morgan fingerprint density at radius 1 is 1.06 bits per heavy atom. The quantitative estimate of drug-likeness (QED) is 0.0486. The van der Waals surface area contributed by atoms with Crippen molar-refractivity contribution in [2.45, 2.75) is 136 Å². The Kier molecular flexibility index (Phi) is 14.8. The summed E-state index contributed by atoms with van der Waals surface area (Å²) in [5.74, 6) is -3.01. The van der Waals surface area contributed by atoms with Gasteiger partial charge in [0, 0.05) is 47.9 Å². The number of aromatic nitrogens is 2. The summed E-state index contributed by atoms with van der Waals surface area (Å²) < 4.78 is 27.7. The molecule has 9 N–H and O–H groups in total. The molecule has 21 heteroatoms. The lowest BCUT2D eigenvalue weighted by Crippen LogP contribution is -2.55. The third kappa shape index (κ3) is 10.4. The first-order valence-electron chi connectivity index (χ1n) is 23.7. The van der Waals surface area contributed by atoms with Crippen molar-refractivity contribution in [3.63, 3.8) is 0 Å². The third-order valence-corrected chi connectivity index (χ3v) is 13.4. The van der Waals surface area contributed by atoms with Crippen LogP contribution in [-0.2, 0) is 62.1 Å². The molecule has 0 saturated carbocycles. The van der Waals surface area contributed by atoms with Crippen LogP contribution in [0.2, 0.25) is 0 Å². The van der Waals surface area contributed by atoms with Crippen molar-refractivity contribution in [3.05, 3.63) is 91.0 Å². The van der Waals surface area contributed by atoms with Crippen molar-refractivity contribution in [1.29, 1.82) is 0 Å². The molecule has 7 rings (SSSR count). The number of nitrogens with zero attached hydrogens (tertiary/aromatic N) is 3. The first-order chi connectivity index (χ1) is 33.5. The van der Waals surface area contributed by atoms with Gasteiger partial charge in [0.2, 0.25) is 11.8 Å². The predicted molar refractivity (Wildman–Crippen MR) is 258 cm³/mol. The van der Waals surface area contributed by atoms with Gasteiger partial charge in [-0.1, -0.05) is 26.8 Å². The number of pyridine rings is 2. The van der Waals surface area contributed by atoms with E-state index < -0.39 is 82.6 Å². The Bertz CT molecular complexity index is 2900. The Balaban J connectivity index is 1.21. The molecule has 4 atom stereocenters. The topological polar surface area (TPSA) is 286 Å². The number of rotatable bonds is 16. The van der Waals surface area contributed by atoms with Crippen molar-refractivity contribution in [2.24, 2.45) is 11.7 Å². The fraction of sp³-hybridized carbons (Fsp3) is 0.480. The summed E-state index contributed by atoms with van der Waals surface area (Å²) in [4.78, 5) is 98.7. The zero-order valence-corrected chi connectivity index (χ0v) is 41.1. The molecule has 0 bridgehead atoms. The highest BCUT2D eigenvalue weighted by Crippen LogP contribution is 2.48. The molecule has 380 valence electrons. The summed E-state index contributed by atoms with van der Waals surface area (Å²) in [5.41, 5.74) is 6.73. The first kappa shape index (κ1) is 51.7. The number of nitrogens with one attached hydrogen (secondary N) is 5. The van der Waals surface area contributed by atoms with Crippen molar-refractivity contribution in [2.75, 3.05) is 18.9 Å². The molecule has 71 heavy (non-hydrogen) atoms. The number of urea groups is 1. The summed E-state index contributed by atoms with van der Waals surface area (Å²) in [5, 5.41) is 36.9. The smallest absolute Gasteiger partial charge is 0.408 e. The fourth-order valence-corrected chi connectivity index (χ4v) is 9.80. The number of esters is 1. The zero-order chi connectivity index (χ0) is 51.9. The first-order valence-corrected chi connectivity index (χ1v) is 23.7. The fourth-order valence-electron chi connectivity index (χ4n) is 9.80. The van der Waals surface area contributed by atoms with Crippen LogP contribution in [0.15, 0.2) is 35.1 Å². The van der Waals surface area contributed by atoms with E-state index in [0.29, 0.717) is 62.3 Å². The molecule has 2 aromatic heterocycles. The lowest BCUT2D eigenvalue weighted by Gasteiger charge is -2.36. The number of anilines is 1. The van der Waals surface area contributed by atoms with Crippen LogP contribution < -0.4 is 37.9 Å². The van der Waals surface area contributed by atoms with E-state index in [0.717, 1.165) is 0 Å². The molecule has 20 nitrogen and oxygen atoms in total. The van der Waals surface area contributed by atoms with Gasteiger partial charge in [0.05, 0.1) is 35.1 Å². The van der Waals surface area contributed by atoms with E-state index >= 15 is 4.39 Å². The molecule has 4 aromatic rings. The number of aliphatic hydroxyl groups is 1. The second-order valence-electron chi connectivity index (χ2n) is 19.6. The standard InChI is InChI=1S/C50H62FN9O11/c1-9-50(69)32-18-37-41-30(22-59(37)44(63)31(32)23-70-45(50)64)39-36(15-14-29-25(4)33(51)19-35(56-41)38(29)39)60(48(67)68)21-26-12-13-28(17-27(26)20-53-8)55-42(61)34(11-10-16-54-46(52)65)57-43(62)40(24(2)3)58-47(66)71-49(5,6)7/h12-13,17-19,24,34,36,40,53,69H,9-11,14-16,20-23H2,1-8H3,(H,55,61)(H,57,62)(H,58,66)(H,67,68)(H3,52,54,65)/t34-,36-,40-,50-/m0/s1. The number of primary amides is 1. The molecular weight excluding hydrogens is 922 g/mol. The number of hydrogen-bond acceptors (Lipinski definition) is 12. The Morgan fingerprint density at radius 2 is 1.79 bits per heavy atom. The van der Waals surface area contributed by atoms with Crippen molar-refractivity contribution in [1.82, 2.24) is 35.7 Å². The Labute approximate surface area is 409 Å². The highest BCUT2D eigenvalue weighted by Gasteiger charge is 2.46. The number of amides is 6. The average molecular weight is 984 g/mol. The predicted octanol–water partition coefficient (Wildman–Crippen LogP) is 4.84. The summed E-state index contributed by atoms with van der Waals surface area (Å²) in [6.45, 7) is 11.7. The number of carbonyl (C=O) groups is 6. The number of benzene rings is 2. The summed E-state index contributed by atoms with van der Waals surface area (Å²) in [6.07, 6.45) is -1.22. The van der Waals surface area contributed by atoms with Crippen LogP contribution in [0.25, 0.3) is 22.3 Å². The normalized spacial score (nSPS) is 17.6. The Morgan fingerprint density at radius 3 is 2.44 bits per heavy atom. The maximum atomic E-state index is 15.7. The molecule has 0 fully saturated rings. The van der Waals surface area contributed by atoms with Gasteiger partial charge >= 0.3 is 24.2 Å². The van der Waals surface area contributed by atoms with E-state index in [1.807, 2.05) is 0 Å². The van der Waals surface area contributed by atoms with Crippen molar-refractivity contribution < 1.29 is 52.8 Å². The van der Waals surface area contributed by atoms with Crippen LogP contribution in [0.5, 0.6) is 0 Å².